The van der Waals surface area contributed by atoms with E-state index < -0.39 is 0 Å². The third-order valence-electron chi connectivity index (χ3n) is 3.44. The minimum atomic E-state index is 0.144. The van der Waals surface area contributed by atoms with Crippen molar-refractivity contribution in [2.75, 3.05) is 16.8 Å². The molecule has 1 heterocycles. The molecule has 0 bridgehead atoms. The maximum absolute atomic E-state index is 5.69. The molecule has 0 spiro atoms. The predicted octanol–water partition coefficient (Wildman–Crippen LogP) is 2.56. The summed E-state index contributed by atoms with van der Waals surface area (Å²) in [6.45, 7) is 10.6. The molecule has 0 radical (unpaired) electrons. The first-order chi connectivity index (χ1) is 7.95. The first-order valence-corrected chi connectivity index (χ1v) is 6.32. The van der Waals surface area contributed by atoms with Crippen molar-refractivity contribution in [3.8, 4) is 0 Å². The van der Waals surface area contributed by atoms with Crippen molar-refractivity contribution in [3.05, 3.63) is 23.8 Å². The molecule has 94 valence electrons. The molecule has 3 N–H and O–H groups in total. The van der Waals surface area contributed by atoms with Crippen LogP contribution < -0.4 is 16.0 Å². The Balaban J connectivity index is 2.47. The van der Waals surface area contributed by atoms with E-state index in [-0.39, 0.29) is 5.54 Å². The van der Waals surface area contributed by atoms with Crippen LogP contribution in [0.5, 0.6) is 0 Å². The van der Waals surface area contributed by atoms with Gasteiger partial charge in [0, 0.05) is 19.1 Å². The monoisotopic (exact) mass is 233 g/mol. The minimum Gasteiger partial charge on any atom is -0.381 e. The molecule has 0 fully saturated rings. The van der Waals surface area contributed by atoms with Gasteiger partial charge in [-0.15, -0.1) is 0 Å². The second-order valence-corrected chi connectivity index (χ2v) is 5.69. The van der Waals surface area contributed by atoms with Crippen LogP contribution in [0.3, 0.4) is 0 Å². The van der Waals surface area contributed by atoms with Gasteiger partial charge in [0.05, 0.1) is 16.9 Å². The van der Waals surface area contributed by atoms with E-state index in [1.165, 1.54) is 16.9 Å². The Kier molecular flexibility index (Phi) is 3.04. The van der Waals surface area contributed by atoms with Crippen LogP contribution in [0.15, 0.2) is 18.2 Å². The van der Waals surface area contributed by atoms with Crippen molar-refractivity contribution >= 4 is 11.4 Å². The van der Waals surface area contributed by atoms with E-state index in [1.807, 2.05) is 0 Å². The van der Waals surface area contributed by atoms with Gasteiger partial charge in [-0.1, -0.05) is 6.07 Å². The van der Waals surface area contributed by atoms with E-state index in [4.69, 9.17) is 5.73 Å². The van der Waals surface area contributed by atoms with Crippen LogP contribution in [0, 0.1) is 0 Å². The maximum Gasteiger partial charge on any atom is 0.0609 e. The fraction of sp³-hybridized carbons (Fsp3) is 0.571. The van der Waals surface area contributed by atoms with E-state index in [0.717, 1.165) is 6.54 Å². The van der Waals surface area contributed by atoms with Crippen LogP contribution >= 0.6 is 0 Å². The molecule has 3 heteroatoms. The number of fused-ring (bicyclic) bond motifs is 1. The second-order valence-electron chi connectivity index (χ2n) is 5.69. The summed E-state index contributed by atoms with van der Waals surface area (Å²) in [4.78, 5) is 2.49. The highest BCUT2D eigenvalue weighted by atomic mass is 15.3. The highest BCUT2D eigenvalue weighted by Gasteiger charge is 2.34. The molecule has 0 aliphatic carbocycles. The van der Waals surface area contributed by atoms with Gasteiger partial charge in [-0.3, -0.25) is 0 Å². The van der Waals surface area contributed by atoms with Crippen LogP contribution in [0.25, 0.3) is 0 Å². The number of rotatable bonds is 2. The molecule has 1 aliphatic heterocycles. The second kappa shape index (κ2) is 4.22. The molecular weight excluding hydrogens is 210 g/mol. The van der Waals surface area contributed by atoms with Gasteiger partial charge in [0.1, 0.15) is 0 Å². The summed E-state index contributed by atoms with van der Waals surface area (Å²) in [5, 5.41) is 3.52. The van der Waals surface area contributed by atoms with Gasteiger partial charge < -0.3 is 16.0 Å². The molecule has 0 aromatic heterocycles. The molecule has 0 atom stereocenters. The Morgan fingerprint density at radius 2 is 2.12 bits per heavy atom. The van der Waals surface area contributed by atoms with Gasteiger partial charge in [0.25, 0.3) is 0 Å². The molecule has 0 saturated heterocycles. The van der Waals surface area contributed by atoms with E-state index in [1.54, 1.807) is 0 Å². The average molecular weight is 233 g/mol. The zero-order valence-electron chi connectivity index (χ0n) is 11.2. The van der Waals surface area contributed by atoms with Gasteiger partial charge >= 0.3 is 0 Å². The molecule has 0 amide bonds. The van der Waals surface area contributed by atoms with E-state index >= 15 is 0 Å². The van der Waals surface area contributed by atoms with Gasteiger partial charge in [-0.25, -0.2) is 0 Å². The summed E-state index contributed by atoms with van der Waals surface area (Å²) in [6.07, 6.45) is 0. The van der Waals surface area contributed by atoms with Crippen LogP contribution in [0.2, 0.25) is 0 Å². The lowest BCUT2D eigenvalue weighted by atomic mass is 9.95. The highest BCUT2D eigenvalue weighted by Crippen LogP contribution is 2.37. The van der Waals surface area contributed by atoms with E-state index in [2.05, 4.69) is 56.1 Å². The van der Waals surface area contributed by atoms with Crippen LogP contribution in [0.4, 0.5) is 11.4 Å². The number of anilines is 2. The zero-order chi connectivity index (χ0) is 12.6. The number of benzene rings is 1. The first-order valence-electron chi connectivity index (χ1n) is 6.32. The summed E-state index contributed by atoms with van der Waals surface area (Å²) >= 11 is 0. The number of hydrogen-bond donors (Lipinski definition) is 2. The maximum atomic E-state index is 5.69. The third-order valence-corrected chi connectivity index (χ3v) is 3.44. The summed E-state index contributed by atoms with van der Waals surface area (Å²) in [5.41, 5.74) is 9.51. The Morgan fingerprint density at radius 3 is 2.71 bits per heavy atom. The Morgan fingerprint density at radius 1 is 1.41 bits per heavy atom. The fourth-order valence-electron chi connectivity index (χ4n) is 2.76. The van der Waals surface area contributed by atoms with E-state index in [9.17, 15) is 0 Å². The molecular formula is C14H23N3. The molecule has 1 aromatic rings. The summed E-state index contributed by atoms with van der Waals surface area (Å²) in [6, 6.07) is 6.97. The quantitative estimate of drug-likeness (QED) is 0.825. The first kappa shape index (κ1) is 12.2. The molecule has 2 rings (SSSR count). The average Bonchev–Trinajstić information content (AvgIpc) is 2.26. The molecule has 3 nitrogen and oxygen atoms in total. The largest absolute Gasteiger partial charge is 0.381 e. The topological polar surface area (TPSA) is 41.3 Å². The standard InChI is InChI=1S/C14H23N3/c1-10(2)17-13-6-5-11(8-15)7-12(13)16-9-14(17,3)4/h5-7,10,16H,8-9,15H2,1-4H3. The number of hydrogen-bond acceptors (Lipinski definition) is 3. The van der Waals surface area contributed by atoms with Gasteiger partial charge in [-0.2, -0.15) is 0 Å². The zero-order valence-corrected chi connectivity index (χ0v) is 11.2. The van der Waals surface area contributed by atoms with E-state index in [0.29, 0.717) is 12.6 Å². The van der Waals surface area contributed by atoms with Crippen LogP contribution in [0.1, 0.15) is 33.3 Å². The van der Waals surface area contributed by atoms with Crippen molar-refractivity contribution in [2.45, 2.75) is 45.8 Å². The van der Waals surface area contributed by atoms with Crippen LogP contribution in [-0.4, -0.2) is 18.1 Å². The van der Waals surface area contributed by atoms with Crippen molar-refractivity contribution < 1.29 is 0 Å². The number of nitrogens with two attached hydrogens (primary N) is 1. The van der Waals surface area contributed by atoms with Crippen molar-refractivity contribution in [3.63, 3.8) is 0 Å². The molecule has 0 unspecified atom stereocenters. The van der Waals surface area contributed by atoms with Crippen molar-refractivity contribution in [2.24, 2.45) is 5.73 Å². The van der Waals surface area contributed by atoms with Crippen molar-refractivity contribution in [1.29, 1.82) is 0 Å². The van der Waals surface area contributed by atoms with Gasteiger partial charge in [-0.05, 0) is 45.4 Å². The summed E-state index contributed by atoms with van der Waals surface area (Å²) in [5.74, 6) is 0. The van der Waals surface area contributed by atoms with Crippen LogP contribution in [-0.2, 0) is 6.54 Å². The van der Waals surface area contributed by atoms with Gasteiger partial charge in [0.2, 0.25) is 0 Å². The number of nitrogens with one attached hydrogen (secondary N) is 1. The normalized spacial score (nSPS) is 17.9. The molecule has 17 heavy (non-hydrogen) atoms. The Hall–Kier alpha value is -1.22. The number of nitrogens with zero attached hydrogens (tertiary/aromatic N) is 1. The predicted molar refractivity (Wildman–Crippen MR) is 74.5 cm³/mol. The lowest BCUT2D eigenvalue weighted by molar-refractivity contribution is 0.439. The summed E-state index contributed by atoms with van der Waals surface area (Å²) in [7, 11) is 0. The summed E-state index contributed by atoms with van der Waals surface area (Å²) < 4.78 is 0. The molecule has 0 saturated carbocycles. The highest BCUT2D eigenvalue weighted by molar-refractivity contribution is 5.74. The van der Waals surface area contributed by atoms with Crippen molar-refractivity contribution in [1.82, 2.24) is 0 Å². The Bertz CT molecular complexity index is 410. The SMILES string of the molecule is CC(C)N1c2ccc(CN)cc2NCC1(C)C. The molecule has 1 aliphatic rings. The lowest BCUT2D eigenvalue weighted by Crippen LogP contribution is -2.55. The Labute approximate surface area is 104 Å². The third kappa shape index (κ3) is 2.12. The molecule has 1 aromatic carbocycles. The fourth-order valence-corrected chi connectivity index (χ4v) is 2.76. The smallest absolute Gasteiger partial charge is 0.0609 e. The van der Waals surface area contributed by atoms with Gasteiger partial charge in [0.15, 0.2) is 0 Å². The lowest BCUT2D eigenvalue weighted by Gasteiger charge is -2.48. The minimum absolute atomic E-state index is 0.144.